The lowest BCUT2D eigenvalue weighted by molar-refractivity contribution is -0.120. The van der Waals surface area contributed by atoms with Gasteiger partial charge in [-0.3, -0.25) is 4.79 Å². The molecule has 0 aromatic heterocycles. The fraction of sp³-hybridized carbons (Fsp3) is 0.316. The minimum absolute atomic E-state index is 0.0118. The van der Waals surface area contributed by atoms with Crippen molar-refractivity contribution in [3.63, 3.8) is 0 Å². The third kappa shape index (κ3) is 4.80. The highest BCUT2D eigenvalue weighted by molar-refractivity contribution is 6.30. The molecule has 122 valence electrons. The molecule has 0 saturated carbocycles. The molecule has 2 aromatic rings. The zero-order valence-electron chi connectivity index (χ0n) is 13.5. The summed E-state index contributed by atoms with van der Waals surface area (Å²) in [6, 6.07) is 10.7. The fourth-order valence-electron chi connectivity index (χ4n) is 2.50. The van der Waals surface area contributed by atoms with Gasteiger partial charge >= 0.3 is 0 Å². The van der Waals surface area contributed by atoms with Crippen molar-refractivity contribution in [2.75, 3.05) is 0 Å². The van der Waals surface area contributed by atoms with E-state index in [9.17, 15) is 9.18 Å². The van der Waals surface area contributed by atoms with Crippen molar-refractivity contribution in [3.8, 4) is 0 Å². The van der Waals surface area contributed by atoms with Gasteiger partial charge in [-0.15, -0.1) is 0 Å². The molecular formula is C19H21ClFNO. The van der Waals surface area contributed by atoms with Crippen molar-refractivity contribution in [1.82, 2.24) is 5.32 Å². The smallest absolute Gasteiger partial charge is 0.224 e. The maximum Gasteiger partial charge on any atom is 0.224 e. The predicted octanol–water partition coefficient (Wildman–Crippen LogP) is 4.46. The van der Waals surface area contributed by atoms with E-state index in [1.165, 1.54) is 17.2 Å². The van der Waals surface area contributed by atoms with E-state index in [1.54, 1.807) is 12.1 Å². The van der Waals surface area contributed by atoms with E-state index in [0.29, 0.717) is 17.1 Å². The van der Waals surface area contributed by atoms with Crippen LogP contribution in [0.4, 0.5) is 4.39 Å². The van der Waals surface area contributed by atoms with Crippen LogP contribution >= 0.6 is 11.6 Å². The summed E-state index contributed by atoms with van der Waals surface area (Å²) in [5, 5.41) is 3.21. The Balaban J connectivity index is 2.01. The van der Waals surface area contributed by atoms with E-state index in [4.69, 9.17) is 11.6 Å². The first kappa shape index (κ1) is 17.5. The molecule has 2 aromatic carbocycles. The minimum atomic E-state index is -0.449. The molecule has 0 fully saturated rings. The van der Waals surface area contributed by atoms with Crippen LogP contribution in [0.5, 0.6) is 0 Å². The summed E-state index contributed by atoms with van der Waals surface area (Å²) in [6.07, 6.45) is 1.89. The first-order chi connectivity index (χ1) is 11.0. The topological polar surface area (TPSA) is 29.1 Å². The van der Waals surface area contributed by atoms with Gasteiger partial charge in [0.1, 0.15) is 5.82 Å². The van der Waals surface area contributed by atoms with E-state index in [2.05, 4.69) is 37.4 Å². The van der Waals surface area contributed by atoms with Crippen molar-refractivity contribution in [3.05, 3.63) is 69.5 Å². The molecule has 0 bridgehead atoms. The van der Waals surface area contributed by atoms with Crippen molar-refractivity contribution in [1.29, 1.82) is 0 Å². The molecule has 0 radical (unpaired) electrons. The van der Waals surface area contributed by atoms with Crippen molar-refractivity contribution < 1.29 is 9.18 Å². The summed E-state index contributed by atoms with van der Waals surface area (Å²) in [5.74, 6) is -0.648. The van der Waals surface area contributed by atoms with Gasteiger partial charge in [0, 0.05) is 11.6 Å². The van der Waals surface area contributed by atoms with Gasteiger partial charge in [-0.2, -0.15) is 0 Å². The normalized spacial score (nSPS) is 10.6. The highest BCUT2D eigenvalue weighted by Crippen LogP contribution is 2.16. The summed E-state index contributed by atoms with van der Waals surface area (Å²) in [5.41, 5.74) is 3.94. The lowest BCUT2D eigenvalue weighted by Gasteiger charge is -2.12. The summed E-state index contributed by atoms with van der Waals surface area (Å²) < 4.78 is 13.7. The largest absolute Gasteiger partial charge is 0.352 e. The number of nitrogens with one attached hydrogen (secondary N) is 1. The van der Waals surface area contributed by atoms with Crippen molar-refractivity contribution >= 4 is 17.5 Å². The average Bonchev–Trinajstić information content (AvgIpc) is 2.55. The lowest BCUT2D eigenvalue weighted by atomic mass is 10.0. The van der Waals surface area contributed by atoms with Crippen LogP contribution in [0.3, 0.4) is 0 Å². The second-order valence-electron chi connectivity index (χ2n) is 5.50. The Morgan fingerprint density at radius 3 is 2.43 bits per heavy atom. The van der Waals surface area contributed by atoms with Crippen molar-refractivity contribution in [2.45, 2.75) is 39.7 Å². The maximum absolute atomic E-state index is 13.7. The molecule has 0 saturated heterocycles. The van der Waals surface area contributed by atoms with Gasteiger partial charge in [0.15, 0.2) is 0 Å². The van der Waals surface area contributed by atoms with Crippen LogP contribution in [-0.4, -0.2) is 5.91 Å². The van der Waals surface area contributed by atoms with Gasteiger partial charge in [0.05, 0.1) is 6.42 Å². The van der Waals surface area contributed by atoms with Crippen LogP contribution in [0.1, 0.15) is 36.1 Å². The number of benzene rings is 2. The van der Waals surface area contributed by atoms with Gasteiger partial charge in [-0.25, -0.2) is 4.39 Å². The van der Waals surface area contributed by atoms with Gasteiger partial charge in [-0.1, -0.05) is 49.7 Å². The Kier molecular flexibility index (Phi) is 6.17. The van der Waals surface area contributed by atoms with E-state index < -0.39 is 5.82 Å². The minimum Gasteiger partial charge on any atom is -0.352 e. The standard InChI is InChI=1S/C19H21ClFNO/c1-3-13-5-6-14(4-2)16(9-13)12-22-19(23)10-15-7-8-17(20)11-18(15)21/h5-9,11H,3-4,10,12H2,1-2H3,(H,22,23). The van der Waals surface area contributed by atoms with E-state index in [1.807, 2.05) is 0 Å². The first-order valence-electron chi connectivity index (χ1n) is 7.84. The molecule has 4 heteroatoms. The second-order valence-corrected chi connectivity index (χ2v) is 5.94. The van der Waals surface area contributed by atoms with Crippen LogP contribution < -0.4 is 5.32 Å². The maximum atomic E-state index is 13.7. The number of carbonyl (C=O) groups is 1. The van der Waals surface area contributed by atoms with E-state index >= 15 is 0 Å². The molecule has 0 atom stereocenters. The molecule has 23 heavy (non-hydrogen) atoms. The lowest BCUT2D eigenvalue weighted by Crippen LogP contribution is -2.25. The number of halogens is 2. The van der Waals surface area contributed by atoms with Crippen LogP contribution in [0.25, 0.3) is 0 Å². The first-order valence-corrected chi connectivity index (χ1v) is 8.22. The average molecular weight is 334 g/mol. The quantitative estimate of drug-likeness (QED) is 0.830. The SMILES string of the molecule is CCc1ccc(CC)c(CNC(=O)Cc2ccc(Cl)cc2F)c1. The highest BCUT2D eigenvalue weighted by Gasteiger charge is 2.10. The number of hydrogen-bond donors (Lipinski definition) is 1. The van der Waals surface area contributed by atoms with Crippen LogP contribution in [0.15, 0.2) is 36.4 Å². The third-order valence-electron chi connectivity index (χ3n) is 3.90. The molecule has 0 spiro atoms. The molecule has 0 aliphatic carbocycles. The highest BCUT2D eigenvalue weighted by atomic mass is 35.5. The number of hydrogen-bond acceptors (Lipinski definition) is 1. The Morgan fingerprint density at radius 2 is 1.78 bits per heavy atom. The van der Waals surface area contributed by atoms with Crippen molar-refractivity contribution in [2.24, 2.45) is 0 Å². The van der Waals surface area contributed by atoms with Gasteiger partial charge in [0.25, 0.3) is 0 Å². The summed E-state index contributed by atoms with van der Waals surface area (Å²) >= 11 is 5.72. The van der Waals surface area contributed by atoms with E-state index in [0.717, 1.165) is 18.4 Å². The molecule has 1 N–H and O–H groups in total. The van der Waals surface area contributed by atoms with Gasteiger partial charge in [-0.05, 0) is 47.2 Å². The Hall–Kier alpha value is -1.87. The zero-order valence-corrected chi connectivity index (χ0v) is 14.2. The predicted molar refractivity (Wildman–Crippen MR) is 92.2 cm³/mol. The summed E-state index contributed by atoms with van der Waals surface area (Å²) in [4.78, 5) is 12.1. The number of rotatable bonds is 6. The molecule has 0 aliphatic heterocycles. The Labute approximate surface area is 141 Å². The van der Waals surface area contributed by atoms with Crippen LogP contribution in [-0.2, 0) is 30.6 Å². The van der Waals surface area contributed by atoms with Gasteiger partial charge in [0.2, 0.25) is 5.91 Å². The number of amides is 1. The fourth-order valence-corrected chi connectivity index (χ4v) is 2.66. The van der Waals surface area contributed by atoms with Crippen LogP contribution in [0, 0.1) is 5.82 Å². The zero-order chi connectivity index (χ0) is 16.8. The molecule has 0 aliphatic rings. The Bertz CT molecular complexity index is 700. The summed E-state index contributed by atoms with van der Waals surface area (Å²) in [7, 11) is 0. The monoisotopic (exact) mass is 333 g/mol. The third-order valence-corrected chi connectivity index (χ3v) is 4.14. The number of carbonyl (C=O) groups excluding carboxylic acids is 1. The molecule has 2 rings (SSSR count). The second kappa shape index (κ2) is 8.11. The summed E-state index contributed by atoms with van der Waals surface area (Å²) in [6.45, 7) is 4.66. The molecule has 0 heterocycles. The molecular weight excluding hydrogens is 313 g/mol. The van der Waals surface area contributed by atoms with E-state index in [-0.39, 0.29) is 12.3 Å². The number of aryl methyl sites for hydroxylation is 2. The Morgan fingerprint density at radius 1 is 1.04 bits per heavy atom. The molecule has 1 amide bonds. The van der Waals surface area contributed by atoms with Gasteiger partial charge < -0.3 is 5.32 Å². The molecule has 2 nitrogen and oxygen atoms in total. The van der Waals surface area contributed by atoms with Crippen LogP contribution in [0.2, 0.25) is 5.02 Å². The molecule has 0 unspecified atom stereocenters.